The van der Waals surface area contributed by atoms with Crippen molar-refractivity contribution in [3.8, 4) is 0 Å². The molecule has 0 aromatic heterocycles. The molecular formula is C33H39N7O3. The van der Waals surface area contributed by atoms with Crippen LogP contribution in [0.4, 0.5) is 31.4 Å². The third-order valence-electron chi connectivity index (χ3n) is 6.20. The second kappa shape index (κ2) is 17.5. The summed E-state index contributed by atoms with van der Waals surface area (Å²) in [6.45, 7) is 13.3. The number of anilines is 3. The Morgan fingerprint density at radius 3 is 1.07 bits per heavy atom. The standard InChI is InChI=1S/C33H39N7O3/c1-4-19-34-31(41)37-28-16-10-7-13-25(28)22-40(23-26-14-8-11-17-29(26)38-32(42)35-20-5-2)24-27-15-9-12-18-30(27)39-33(43)36-21-6-3/h4-18H,1-3,19-24H2,(H2,34,37,41)(H2,35,38,42)(H2,36,39,43). The molecule has 0 aliphatic carbocycles. The number of carbonyl (C=O) groups excluding carboxylic acids is 3. The van der Waals surface area contributed by atoms with Crippen LogP contribution < -0.4 is 31.9 Å². The summed E-state index contributed by atoms with van der Waals surface area (Å²) in [6.07, 6.45) is 4.83. The molecule has 10 heteroatoms. The van der Waals surface area contributed by atoms with Gasteiger partial charge in [-0.2, -0.15) is 0 Å². The van der Waals surface area contributed by atoms with E-state index in [9.17, 15) is 14.4 Å². The van der Waals surface area contributed by atoms with E-state index in [0.29, 0.717) is 56.3 Å². The van der Waals surface area contributed by atoms with E-state index in [1.807, 2.05) is 72.8 Å². The molecule has 3 rings (SSSR count). The van der Waals surface area contributed by atoms with Crippen LogP contribution in [0.5, 0.6) is 0 Å². The van der Waals surface area contributed by atoms with Gasteiger partial charge in [0.05, 0.1) is 0 Å². The predicted molar refractivity (Wildman–Crippen MR) is 174 cm³/mol. The number of benzene rings is 3. The number of rotatable bonds is 15. The average Bonchev–Trinajstić information content (AvgIpc) is 3.00. The number of urea groups is 3. The minimum atomic E-state index is -0.334. The van der Waals surface area contributed by atoms with Gasteiger partial charge in [-0.05, 0) is 34.9 Å². The van der Waals surface area contributed by atoms with Gasteiger partial charge < -0.3 is 31.9 Å². The van der Waals surface area contributed by atoms with E-state index in [-0.39, 0.29) is 18.1 Å². The van der Waals surface area contributed by atoms with Crippen molar-refractivity contribution >= 4 is 35.2 Å². The van der Waals surface area contributed by atoms with Crippen molar-refractivity contribution in [2.45, 2.75) is 19.6 Å². The van der Waals surface area contributed by atoms with Crippen molar-refractivity contribution in [1.29, 1.82) is 0 Å². The van der Waals surface area contributed by atoms with Crippen molar-refractivity contribution in [2.75, 3.05) is 35.6 Å². The molecule has 0 radical (unpaired) electrons. The number of carbonyl (C=O) groups is 3. The van der Waals surface area contributed by atoms with Gasteiger partial charge in [0.1, 0.15) is 0 Å². The predicted octanol–water partition coefficient (Wildman–Crippen LogP) is 5.81. The first-order chi connectivity index (χ1) is 20.9. The lowest BCUT2D eigenvalue weighted by atomic mass is 10.1. The highest BCUT2D eigenvalue weighted by Crippen LogP contribution is 2.25. The Kier molecular flexibility index (Phi) is 13.1. The van der Waals surface area contributed by atoms with E-state index < -0.39 is 0 Å². The Labute approximate surface area is 252 Å². The Hall–Kier alpha value is -5.35. The number of hydrogen-bond donors (Lipinski definition) is 6. The van der Waals surface area contributed by atoms with Gasteiger partial charge >= 0.3 is 18.1 Å². The summed E-state index contributed by atoms with van der Waals surface area (Å²) in [5.74, 6) is 0. The van der Waals surface area contributed by atoms with Crippen LogP contribution in [-0.2, 0) is 19.6 Å². The minimum absolute atomic E-state index is 0.334. The first kappa shape index (κ1) is 32.2. The molecule has 43 heavy (non-hydrogen) atoms. The van der Waals surface area contributed by atoms with Crippen molar-refractivity contribution in [2.24, 2.45) is 0 Å². The molecule has 0 aliphatic rings. The molecule has 0 spiro atoms. The van der Waals surface area contributed by atoms with Gasteiger partial charge in [-0.25, -0.2) is 14.4 Å². The maximum absolute atomic E-state index is 12.4. The average molecular weight is 582 g/mol. The van der Waals surface area contributed by atoms with Crippen molar-refractivity contribution in [3.05, 3.63) is 127 Å². The minimum Gasteiger partial charge on any atom is -0.334 e. The maximum Gasteiger partial charge on any atom is 0.319 e. The van der Waals surface area contributed by atoms with Crippen molar-refractivity contribution in [1.82, 2.24) is 20.9 Å². The highest BCUT2D eigenvalue weighted by molar-refractivity contribution is 5.91. The zero-order valence-corrected chi connectivity index (χ0v) is 24.2. The lowest BCUT2D eigenvalue weighted by Gasteiger charge is -2.26. The monoisotopic (exact) mass is 581 g/mol. The fourth-order valence-electron chi connectivity index (χ4n) is 4.22. The van der Waals surface area contributed by atoms with Crippen molar-refractivity contribution < 1.29 is 14.4 Å². The first-order valence-electron chi connectivity index (χ1n) is 13.9. The van der Waals surface area contributed by atoms with Gasteiger partial charge in [-0.15, -0.1) is 19.7 Å². The summed E-state index contributed by atoms with van der Waals surface area (Å²) in [5.41, 5.74) is 4.66. The molecule has 6 N–H and O–H groups in total. The molecule has 0 atom stereocenters. The molecule has 0 saturated carbocycles. The molecule has 6 amide bonds. The van der Waals surface area contributed by atoms with Crippen LogP contribution in [0.15, 0.2) is 111 Å². The number of para-hydroxylation sites is 3. The highest BCUT2D eigenvalue weighted by atomic mass is 16.2. The Morgan fingerprint density at radius 1 is 0.512 bits per heavy atom. The summed E-state index contributed by atoms with van der Waals surface area (Å²) in [4.78, 5) is 39.5. The molecule has 224 valence electrons. The van der Waals surface area contributed by atoms with Crippen LogP contribution in [0, 0.1) is 0 Å². The number of hydrogen-bond acceptors (Lipinski definition) is 4. The van der Waals surface area contributed by atoms with E-state index in [1.165, 1.54) is 0 Å². The maximum atomic E-state index is 12.4. The lowest BCUT2D eigenvalue weighted by Crippen LogP contribution is -2.31. The lowest BCUT2D eigenvalue weighted by molar-refractivity contribution is 0.247. The van der Waals surface area contributed by atoms with Crippen LogP contribution in [0.1, 0.15) is 16.7 Å². The molecule has 0 saturated heterocycles. The van der Waals surface area contributed by atoms with E-state index in [1.54, 1.807) is 18.2 Å². The molecule has 10 nitrogen and oxygen atoms in total. The summed E-state index contributed by atoms with van der Waals surface area (Å²) in [7, 11) is 0. The fourth-order valence-corrected chi connectivity index (χ4v) is 4.22. The van der Waals surface area contributed by atoms with Crippen LogP contribution in [0.3, 0.4) is 0 Å². The van der Waals surface area contributed by atoms with Crippen LogP contribution in [0.2, 0.25) is 0 Å². The van der Waals surface area contributed by atoms with Crippen LogP contribution in [-0.4, -0.2) is 42.6 Å². The van der Waals surface area contributed by atoms with Gasteiger partial charge in [0, 0.05) is 56.3 Å². The van der Waals surface area contributed by atoms with E-state index in [0.717, 1.165) is 16.7 Å². The molecule has 3 aromatic carbocycles. The summed E-state index contributed by atoms with van der Waals surface area (Å²) in [5, 5.41) is 17.0. The van der Waals surface area contributed by atoms with Gasteiger partial charge in [-0.3, -0.25) is 4.90 Å². The molecule has 3 aromatic rings. The topological polar surface area (TPSA) is 127 Å². The summed E-state index contributed by atoms with van der Waals surface area (Å²) < 4.78 is 0. The van der Waals surface area contributed by atoms with Crippen LogP contribution >= 0.6 is 0 Å². The number of nitrogens with zero attached hydrogens (tertiary/aromatic N) is 1. The summed E-state index contributed by atoms with van der Waals surface area (Å²) >= 11 is 0. The number of amides is 6. The van der Waals surface area contributed by atoms with E-state index in [4.69, 9.17) is 0 Å². The fraction of sp³-hybridized carbons (Fsp3) is 0.182. The number of nitrogens with one attached hydrogen (secondary N) is 6. The second-order valence-corrected chi connectivity index (χ2v) is 9.49. The first-order valence-corrected chi connectivity index (χ1v) is 13.9. The molecular weight excluding hydrogens is 542 g/mol. The van der Waals surface area contributed by atoms with Gasteiger partial charge in [-0.1, -0.05) is 72.8 Å². The third kappa shape index (κ3) is 10.9. The largest absolute Gasteiger partial charge is 0.334 e. The van der Waals surface area contributed by atoms with E-state index >= 15 is 0 Å². The third-order valence-corrected chi connectivity index (χ3v) is 6.20. The second-order valence-electron chi connectivity index (χ2n) is 9.49. The summed E-state index contributed by atoms with van der Waals surface area (Å²) in [6, 6.07) is 21.7. The molecule has 0 heterocycles. The van der Waals surface area contributed by atoms with Gasteiger partial charge in [0.25, 0.3) is 0 Å². The molecule has 0 fully saturated rings. The zero-order chi connectivity index (χ0) is 30.9. The smallest absolute Gasteiger partial charge is 0.319 e. The van der Waals surface area contributed by atoms with Crippen molar-refractivity contribution in [3.63, 3.8) is 0 Å². The normalized spacial score (nSPS) is 10.3. The Bertz CT molecular complexity index is 1250. The molecule has 0 aliphatic heterocycles. The highest BCUT2D eigenvalue weighted by Gasteiger charge is 2.17. The SMILES string of the molecule is C=CCNC(=O)Nc1ccccc1CN(Cc1ccccc1NC(=O)NCC=C)Cc1ccccc1NC(=O)NCC=C. The molecule has 0 bridgehead atoms. The van der Waals surface area contributed by atoms with E-state index in [2.05, 4.69) is 56.5 Å². The Balaban J connectivity index is 1.92. The quantitative estimate of drug-likeness (QED) is 0.127. The van der Waals surface area contributed by atoms with Crippen LogP contribution in [0.25, 0.3) is 0 Å². The van der Waals surface area contributed by atoms with Gasteiger partial charge in [0.15, 0.2) is 0 Å². The zero-order valence-electron chi connectivity index (χ0n) is 24.2. The van der Waals surface area contributed by atoms with Gasteiger partial charge in [0.2, 0.25) is 0 Å². The Morgan fingerprint density at radius 2 is 0.791 bits per heavy atom. The molecule has 0 unspecified atom stereocenters.